The highest BCUT2D eigenvalue weighted by molar-refractivity contribution is 5.70. The Labute approximate surface area is 389 Å². The lowest BCUT2D eigenvalue weighted by molar-refractivity contribution is -0.161. The number of hydrogen-bond acceptors (Lipinski definition) is 5. The van der Waals surface area contributed by atoms with Gasteiger partial charge in [-0.1, -0.05) is 309 Å². The van der Waals surface area contributed by atoms with Crippen LogP contribution in [0.3, 0.4) is 0 Å². The molecule has 0 fully saturated rings. The standard InChI is InChI=1S/C57H112O5/c1-3-5-7-9-11-13-15-17-19-21-22-23-24-25-26-27-28-29-30-31-32-33-34-36-38-40-42-44-46-48-50-52-57(60)62-55(53-58)54-61-56(59)51-49-47-45-43-41-39-37-35-20-18-16-14-12-10-8-6-4-2/h55,58H,3-54H2,1-2H3. The van der Waals surface area contributed by atoms with Crippen molar-refractivity contribution in [3.8, 4) is 0 Å². The van der Waals surface area contributed by atoms with E-state index in [1.807, 2.05) is 0 Å². The zero-order valence-corrected chi connectivity index (χ0v) is 42.4. The Kier molecular flexibility index (Phi) is 53.3. The zero-order valence-electron chi connectivity index (χ0n) is 42.4. The number of esters is 2. The van der Waals surface area contributed by atoms with E-state index in [1.165, 1.54) is 276 Å². The van der Waals surface area contributed by atoms with Crippen molar-refractivity contribution in [3.05, 3.63) is 0 Å². The van der Waals surface area contributed by atoms with Crippen LogP contribution in [0.5, 0.6) is 0 Å². The summed E-state index contributed by atoms with van der Waals surface area (Å²) >= 11 is 0. The summed E-state index contributed by atoms with van der Waals surface area (Å²) in [5, 5.41) is 9.64. The molecule has 370 valence electrons. The summed E-state index contributed by atoms with van der Waals surface area (Å²) in [5.41, 5.74) is 0. The molecule has 0 rings (SSSR count). The number of aliphatic hydroxyl groups is 1. The van der Waals surface area contributed by atoms with Crippen LogP contribution in [0.4, 0.5) is 0 Å². The van der Waals surface area contributed by atoms with Crippen LogP contribution in [-0.4, -0.2) is 36.4 Å². The molecule has 0 saturated carbocycles. The zero-order chi connectivity index (χ0) is 44.9. The Balaban J connectivity index is 3.37. The summed E-state index contributed by atoms with van der Waals surface area (Å²) in [7, 11) is 0. The van der Waals surface area contributed by atoms with E-state index in [0.29, 0.717) is 12.8 Å². The number of rotatable bonds is 54. The molecule has 0 aliphatic rings. The third-order valence-corrected chi connectivity index (χ3v) is 13.4. The Morgan fingerprint density at radius 2 is 0.500 bits per heavy atom. The topological polar surface area (TPSA) is 72.8 Å². The molecule has 0 aromatic rings. The van der Waals surface area contributed by atoms with Gasteiger partial charge in [-0.05, 0) is 12.8 Å². The molecule has 0 spiro atoms. The number of unbranched alkanes of at least 4 members (excludes halogenated alkanes) is 46. The van der Waals surface area contributed by atoms with Crippen LogP contribution < -0.4 is 0 Å². The molecule has 0 heterocycles. The SMILES string of the molecule is CCCCCCCCCCCCCCCCCCCCCCCCCCCCCCCCCC(=O)OC(CO)COC(=O)CCCCCCCCCCCCCCCCCCC. The van der Waals surface area contributed by atoms with Crippen LogP contribution in [0, 0.1) is 0 Å². The first-order chi connectivity index (χ1) is 30.6. The minimum atomic E-state index is -0.763. The molecule has 1 unspecified atom stereocenters. The van der Waals surface area contributed by atoms with E-state index in [0.717, 1.165) is 32.1 Å². The first-order valence-electron chi connectivity index (χ1n) is 28.6. The van der Waals surface area contributed by atoms with Crippen LogP contribution in [-0.2, 0) is 19.1 Å². The predicted molar refractivity (Wildman–Crippen MR) is 270 cm³/mol. The second-order valence-corrected chi connectivity index (χ2v) is 19.7. The molecule has 62 heavy (non-hydrogen) atoms. The van der Waals surface area contributed by atoms with Gasteiger partial charge in [-0.2, -0.15) is 0 Å². The van der Waals surface area contributed by atoms with Gasteiger partial charge in [0.1, 0.15) is 6.61 Å². The van der Waals surface area contributed by atoms with Crippen molar-refractivity contribution in [3.63, 3.8) is 0 Å². The Hall–Kier alpha value is -1.10. The van der Waals surface area contributed by atoms with Crippen molar-refractivity contribution >= 4 is 11.9 Å². The highest BCUT2D eigenvalue weighted by atomic mass is 16.6. The molecular formula is C57H112O5. The van der Waals surface area contributed by atoms with Crippen LogP contribution in [0.2, 0.25) is 0 Å². The fourth-order valence-electron chi connectivity index (χ4n) is 9.09. The maximum atomic E-state index is 12.3. The third-order valence-electron chi connectivity index (χ3n) is 13.4. The van der Waals surface area contributed by atoms with Crippen LogP contribution >= 0.6 is 0 Å². The van der Waals surface area contributed by atoms with E-state index in [4.69, 9.17) is 9.47 Å². The van der Waals surface area contributed by atoms with Gasteiger partial charge in [0.25, 0.3) is 0 Å². The van der Waals surface area contributed by atoms with Gasteiger partial charge < -0.3 is 14.6 Å². The number of aliphatic hydroxyl groups excluding tert-OH is 1. The summed E-state index contributed by atoms with van der Waals surface area (Å²) in [5.74, 6) is -0.565. The maximum Gasteiger partial charge on any atom is 0.306 e. The van der Waals surface area contributed by atoms with E-state index in [1.54, 1.807) is 0 Å². The van der Waals surface area contributed by atoms with Crippen molar-refractivity contribution in [1.82, 2.24) is 0 Å². The smallest absolute Gasteiger partial charge is 0.306 e. The average Bonchev–Trinajstić information content (AvgIpc) is 3.28. The molecule has 0 amide bonds. The highest BCUT2D eigenvalue weighted by Crippen LogP contribution is 2.18. The molecule has 0 bridgehead atoms. The van der Waals surface area contributed by atoms with Gasteiger partial charge in [-0.25, -0.2) is 0 Å². The molecule has 0 aromatic heterocycles. The van der Waals surface area contributed by atoms with Crippen LogP contribution in [0.1, 0.15) is 335 Å². The van der Waals surface area contributed by atoms with Gasteiger partial charge in [-0.15, -0.1) is 0 Å². The highest BCUT2D eigenvalue weighted by Gasteiger charge is 2.16. The van der Waals surface area contributed by atoms with Crippen LogP contribution in [0.15, 0.2) is 0 Å². The number of carbonyl (C=O) groups excluding carboxylic acids is 2. The summed E-state index contributed by atoms with van der Waals surface area (Å²) in [6.45, 7) is 4.20. The van der Waals surface area contributed by atoms with E-state index in [-0.39, 0.29) is 25.2 Å². The maximum absolute atomic E-state index is 12.3. The minimum absolute atomic E-state index is 0.0559. The molecule has 5 heteroatoms. The fraction of sp³-hybridized carbons (Fsp3) is 0.965. The van der Waals surface area contributed by atoms with E-state index in [2.05, 4.69) is 13.8 Å². The summed E-state index contributed by atoms with van der Waals surface area (Å²) in [4.78, 5) is 24.5. The number of ether oxygens (including phenoxy) is 2. The molecule has 0 saturated heterocycles. The Bertz CT molecular complexity index is 860. The molecule has 1 atom stereocenters. The largest absolute Gasteiger partial charge is 0.462 e. The van der Waals surface area contributed by atoms with Gasteiger partial charge in [0.05, 0.1) is 6.61 Å². The third kappa shape index (κ3) is 51.5. The molecule has 0 aliphatic carbocycles. The first-order valence-corrected chi connectivity index (χ1v) is 28.6. The molecular weight excluding hydrogens is 765 g/mol. The van der Waals surface area contributed by atoms with Crippen molar-refractivity contribution in [2.45, 2.75) is 341 Å². The number of carbonyl (C=O) groups is 2. The second-order valence-electron chi connectivity index (χ2n) is 19.7. The summed E-state index contributed by atoms with van der Waals surface area (Å²) in [6, 6.07) is 0. The van der Waals surface area contributed by atoms with E-state index < -0.39 is 6.10 Å². The van der Waals surface area contributed by atoms with Gasteiger partial charge >= 0.3 is 11.9 Å². The van der Waals surface area contributed by atoms with Crippen molar-refractivity contribution in [2.75, 3.05) is 13.2 Å². The average molecular weight is 878 g/mol. The second kappa shape index (κ2) is 54.2. The monoisotopic (exact) mass is 877 g/mol. The van der Waals surface area contributed by atoms with Gasteiger partial charge in [0.15, 0.2) is 6.10 Å². The molecule has 5 nitrogen and oxygen atoms in total. The quantitative estimate of drug-likeness (QED) is 0.0487. The van der Waals surface area contributed by atoms with Gasteiger partial charge in [0.2, 0.25) is 0 Å². The fourth-order valence-corrected chi connectivity index (χ4v) is 9.09. The van der Waals surface area contributed by atoms with Crippen molar-refractivity contribution in [2.24, 2.45) is 0 Å². The van der Waals surface area contributed by atoms with Crippen LogP contribution in [0.25, 0.3) is 0 Å². The lowest BCUT2D eigenvalue weighted by Crippen LogP contribution is -2.28. The van der Waals surface area contributed by atoms with Gasteiger partial charge in [0, 0.05) is 12.8 Å². The molecule has 0 aromatic carbocycles. The Morgan fingerprint density at radius 3 is 0.710 bits per heavy atom. The minimum Gasteiger partial charge on any atom is -0.462 e. The molecule has 0 radical (unpaired) electrons. The van der Waals surface area contributed by atoms with E-state index >= 15 is 0 Å². The lowest BCUT2D eigenvalue weighted by atomic mass is 10.0. The Morgan fingerprint density at radius 1 is 0.306 bits per heavy atom. The molecule has 0 aliphatic heterocycles. The summed E-state index contributed by atoms with van der Waals surface area (Å²) in [6.07, 6.45) is 65.2. The van der Waals surface area contributed by atoms with Crippen molar-refractivity contribution in [1.29, 1.82) is 0 Å². The van der Waals surface area contributed by atoms with Crippen molar-refractivity contribution < 1.29 is 24.2 Å². The van der Waals surface area contributed by atoms with E-state index in [9.17, 15) is 14.7 Å². The normalized spacial score (nSPS) is 12.0. The number of hydrogen-bond donors (Lipinski definition) is 1. The lowest BCUT2D eigenvalue weighted by Gasteiger charge is -2.15. The molecule has 1 N–H and O–H groups in total. The first kappa shape index (κ1) is 60.9. The predicted octanol–water partition coefficient (Wildman–Crippen LogP) is 19.0. The summed E-state index contributed by atoms with van der Waals surface area (Å²) < 4.78 is 10.7. The van der Waals surface area contributed by atoms with Gasteiger partial charge in [-0.3, -0.25) is 9.59 Å².